The quantitative estimate of drug-likeness (QED) is 0.681. The SMILES string of the molecule is [2H]C([2H])(Oc1cc(F)cc(O)c1C=O)c1cncnc1-c1ccnn1C(C)C. The van der Waals surface area contributed by atoms with Gasteiger partial charge in [-0.1, -0.05) is 0 Å². The molecule has 0 aliphatic heterocycles. The zero-order valence-corrected chi connectivity index (χ0v) is 14.0. The highest BCUT2D eigenvalue weighted by Gasteiger charge is 2.16. The van der Waals surface area contributed by atoms with Crippen LogP contribution in [0.3, 0.4) is 0 Å². The average molecular weight is 358 g/mol. The van der Waals surface area contributed by atoms with Gasteiger partial charge in [-0.3, -0.25) is 9.48 Å². The van der Waals surface area contributed by atoms with Crippen LogP contribution in [0.1, 0.15) is 38.6 Å². The third-order valence-corrected chi connectivity index (χ3v) is 3.59. The largest absolute Gasteiger partial charge is 0.507 e. The molecular formula is C18H17FN4O3. The minimum atomic E-state index is -2.54. The highest BCUT2D eigenvalue weighted by Crippen LogP contribution is 2.29. The maximum absolute atomic E-state index is 13.7. The molecule has 0 amide bonds. The Labute approximate surface area is 151 Å². The van der Waals surface area contributed by atoms with Crippen LogP contribution in [0.15, 0.2) is 36.9 Å². The van der Waals surface area contributed by atoms with Crippen molar-refractivity contribution in [1.29, 1.82) is 0 Å². The fourth-order valence-electron chi connectivity index (χ4n) is 2.41. The molecule has 1 N–H and O–H groups in total. The molecule has 0 spiro atoms. The molecule has 3 aromatic rings. The molecule has 0 aliphatic rings. The van der Waals surface area contributed by atoms with Crippen molar-refractivity contribution in [2.24, 2.45) is 0 Å². The average Bonchev–Trinajstić information content (AvgIpc) is 3.11. The summed E-state index contributed by atoms with van der Waals surface area (Å²) in [5, 5.41) is 13.9. The van der Waals surface area contributed by atoms with E-state index in [9.17, 15) is 14.3 Å². The van der Waals surface area contributed by atoms with Crippen molar-refractivity contribution in [3.63, 3.8) is 0 Å². The summed E-state index contributed by atoms with van der Waals surface area (Å²) in [4.78, 5) is 19.3. The number of aromatic hydroxyl groups is 1. The second-order valence-electron chi connectivity index (χ2n) is 5.70. The van der Waals surface area contributed by atoms with E-state index in [4.69, 9.17) is 7.48 Å². The predicted molar refractivity (Wildman–Crippen MR) is 91.4 cm³/mol. The summed E-state index contributed by atoms with van der Waals surface area (Å²) in [7, 11) is 0. The molecule has 0 aliphatic carbocycles. The standard InChI is InChI=1S/C18H17FN4O3/c1-11(2)23-15(3-4-22-23)18-12(7-20-10-21-18)9-26-17-6-13(19)5-16(25)14(17)8-24/h3-8,10-11,25H,9H2,1-2H3/i9D2. The molecule has 26 heavy (non-hydrogen) atoms. The van der Waals surface area contributed by atoms with Crippen LogP contribution in [-0.2, 0) is 6.56 Å². The van der Waals surface area contributed by atoms with E-state index in [1.165, 1.54) is 12.5 Å². The van der Waals surface area contributed by atoms with Crippen LogP contribution in [0, 0.1) is 5.82 Å². The summed E-state index contributed by atoms with van der Waals surface area (Å²) in [6, 6.07) is 3.22. The molecule has 0 unspecified atom stereocenters. The summed E-state index contributed by atoms with van der Waals surface area (Å²) in [5.74, 6) is -1.97. The third kappa shape index (κ3) is 3.39. The van der Waals surface area contributed by atoms with Gasteiger partial charge in [-0.15, -0.1) is 0 Å². The Morgan fingerprint density at radius 1 is 1.46 bits per heavy atom. The molecule has 3 rings (SSSR count). The Kier molecular flexibility index (Phi) is 4.21. The molecule has 0 saturated heterocycles. The molecule has 7 nitrogen and oxygen atoms in total. The Balaban J connectivity index is 2.10. The van der Waals surface area contributed by atoms with Crippen LogP contribution in [0.5, 0.6) is 11.5 Å². The molecular weight excluding hydrogens is 339 g/mol. The molecule has 134 valence electrons. The minimum Gasteiger partial charge on any atom is -0.507 e. The molecule has 0 saturated carbocycles. The Morgan fingerprint density at radius 2 is 2.27 bits per heavy atom. The predicted octanol–water partition coefficient (Wildman–Crippen LogP) is 3.16. The van der Waals surface area contributed by atoms with E-state index in [1.54, 1.807) is 16.9 Å². The van der Waals surface area contributed by atoms with Crippen molar-refractivity contribution in [1.82, 2.24) is 19.7 Å². The van der Waals surface area contributed by atoms with Crippen molar-refractivity contribution in [3.05, 3.63) is 53.9 Å². The van der Waals surface area contributed by atoms with Crippen LogP contribution >= 0.6 is 0 Å². The number of phenols is 1. The number of halogens is 1. The van der Waals surface area contributed by atoms with Crippen LogP contribution < -0.4 is 4.74 Å². The topological polar surface area (TPSA) is 90.1 Å². The second-order valence-corrected chi connectivity index (χ2v) is 5.70. The lowest BCUT2D eigenvalue weighted by Crippen LogP contribution is -2.08. The van der Waals surface area contributed by atoms with Gasteiger partial charge in [-0.05, 0) is 19.9 Å². The van der Waals surface area contributed by atoms with Crippen LogP contribution in [-0.4, -0.2) is 31.1 Å². The van der Waals surface area contributed by atoms with E-state index >= 15 is 0 Å². The monoisotopic (exact) mass is 358 g/mol. The number of hydrogen-bond acceptors (Lipinski definition) is 6. The summed E-state index contributed by atoms with van der Waals surface area (Å²) >= 11 is 0. The van der Waals surface area contributed by atoms with E-state index in [2.05, 4.69) is 15.1 Å². The van der Waals surface area contributed by atoms with E-state index in [-0.39, 0.29) is 29.1 Å². The summed E-state index contributed by atoms with van der Waals surface area (Å²) in [5.41, 5.74) is 0.367. The fourth-order valence-corrected chi connectivity index (χ4v) is 2.41. The van der Waals surface area contributed by atoms with E-state index in [0.717, 1.165) is 12.1 Å². The number of ether oxygens (including phenoxy) is 1. The van der Waals surface area contributed by atoms with Gasteiger partial charge < -0.3 is 9.84 Å². The molecule has 2 aromatic heterocycles. The van der Waals surface area contributed by atoms with E-state index in [1.807, 2.05) is 13.8 Å². The van der Waals surface area contributed by atoms with Crippen LogP contribution in [0.2, 0.25) is 0 Å². The van der Waals surface area contributed by atoms with Crippen LogP contribution in [0.25, 0.3) is 11.4 Å². The van der Waals surface area contributed by atoms with Crippen molar-refractivity contribution in [3.8, 4) is 22.9 Å². The lowest BCUT2D eigenvalue weighted by molar-refractivity contribution is 0.111. The summed E-state index contributed by atoms with van der Waals surface area (Å²) < 4.78 is 37.3. The number of aldehydes is 1. The lowest BCUT2D eigenvalue weighted by Gasteiger charge is -2.14. The third-order valence-electron chi connectivity index (χ3n) is 3.59. The van der Waals surface area contributed by atoms with E-state index < -0.39 is 23.9 Å². The Morgan fingerprint density at radius 3 is 3.00 bits per heavy atom. The summed E-state index contributed by atoms with van der Waals surface area (Å²) in [6.07, 6.45) is 4.32. The first-order valence-electron chi connectivity index (χ1n) is 8.75. The Hall–Kier alpha value is -3.29. The number of aromatic nitrogens is 4. The first-order valence-corrected chi connectivity index (χ1v) is 7.75. The van der Waals surface area contributed by atoms with Gasteiger partial charge in [0.1, 0.15) is 30.2 Å². The highest BCUT2D eigenvalue weighted by atomic mass is 19.1. The molecule has 0 atom stereocenters. The van der Waals surface area contributed by atoms with Gasteiger partial charge in [-0.2, -0.15) is 5.10 Å². The molecule has 0 radical (unpaired) electrons. The molecule has 1 aromatic carbocycles. The molecule has 0 fully saturated rings. The maximum Gasteiger partial charge on any atom is 0.157 e. The normalized spacial score (nSPS) is 12.6. The number of carbonyl (C=O) groups excluding carboxylic acids is 1. The number of benzene rings is 1. The number of nitrogens with zero attached hydrogens (tertiary/aromatic N) is 4. The van der Waals surface area contributed by atoms with Gasteiger partial charge in [0.15, 0.2) is 6.29 Å². The highest BCUT2D eigenvalue weighted by molar-refractivity contribution is 5.83. The molecule has 0 bridgehead atoms. The first kappa shape index (κ1) is 15.0. The van der Waals surface area contributed by atoms with Gasteiger partial charge in [0.05, 0.1) is 19.7 Å². The fraction of sp³-hybridized carbons (Fsp3) is 0.222. The van der Waals surface area contributed by atoms with Crippen molar-refractivity contribution in [2.75, 3.05) is 0 Å². The van der Waals surface area contributed by atoms with Crippen LogP contribution in [0.4, 0.5) is 4.39 Å². The molecule has 2 heterocycles. The van der Waals surface area contributed by atoms with Gasteiger partial charge in [-0.25, -0.2) is 14.4 Å². The zero-order valence-electron chi connectivity index (χ0n) is 16.0. The lowest BCUT2D eigenvalue weighted by atomic mass is 10.1. The minimum absolute atomic E-state index is 0.0126. The van der Waals surface area contributed by atoms with Crippen molar-refractivity contribution < 1.29 is 21.8 Å². The van der Waals surface area contributed by atoms with Gasteiger partial charge >= 0.3 is 0 Å². The number of hydrogen-bond donors (Lipinski definition) is 1. The number of rotatable bonds is 6. The van der Waals surface area contributed by atoms with Gasteiger partial charge in [0, 0.05) is 36.1 Å². The number of carbonyl (C=O) groups is 1. The van der Waals surface area contributed by atoms with Crippen molar-refractivity contribution in [2.45, 2.75) is 26.4 Å². The zero-order chi connectivity index (χ0) is 20.5. The van der Waals surface area contributed by atoms with E-state index in [0.29, 0.717) is 5.69 Å². The van der Waals surface area contributed by atoms with Gasteiger partial charge in [0.2, 0.25) is 0 Å². The Bertz CT molecular complexity index is 1020. The first-order chi connectivity index (χ1) is 13.2. The van der Waals surface area contributed by atoms with Crippen molar-refractivity contribution >= 4 is 6.29 Å². The second kappa shape index (κ2) is 7.30. The summed E-state index contributed by atoms with van der Waals surface area (Å²) in [6.45, 7) is 1.28. The maximum atomic E-state index is 13.7. The number of phenolic OH excluding ortho intramolecular Hbond substituents is 1. The van der Waals surface area contributed by atoms with Gasteiger partial charge in [0.25, 0.3) is 0 Å². The molecule has 8 heteroatoms. The smallest absolute Gasteiger partial charge is 0.157 e.